The Morgan fingerprint density at radius 3 is 1.81 bits per heavy atom. The van der Waals surface area contributed by atoms with E-state index in [0.29, 0.717) is 5.69 Å². The van der Waals surface area contributed by atoms with Gasteiger partial charge in [-0.2, -0.15) is 0 Å². The summed E-state index contributed by atoms with van der Waals surface area (Å²) in [6.45, 7) is -0.507. The summed E-state index contributed by atoms with van der Waals surface area (Å²) in [5.41, 5.74) is 0.782. The second-order valence-electron chi connectivity index (χ2n) is 7.85. The van der Waals surface area contributed by atoms with Gasteiger partial charge in [0.2, 0.25) is 5.91 Å². The van der Waals surface area contributed by atoms with Crippen LogP contribution in [0.25, 0.3) is 0 Å². The number of benzene rings is 4. The molecule has 0 unspecified atom stereocenters. The zero-order valence-corrected chi connectivity index (χ0v) is 20.9. The van der Waals surface area contributed by atoms with Gasteiger partial charge in [0.15, 0.2) is 0 Å². The standard InChI is InChI=1S/C26H22FN3O5S2/c27-20-11-13-22(14-12-20)29-36(32,33)24-17-15-21(16-18-24)28-26(31)19-30(23-7-3-1-4-8-23)37(34,35)25-9-5-2-6-10-25/h1-18,29H,19H2,(H,28,31). The smallest absolute Gasteiger partial charge is 0.264 e. The number of carbonyl (C=O) groups is 1. The Balaban J connectivity index is 1.50. The second-order valence-corrected chi connectivity index (χ2v) is 11.4. The van der Waals surface area contributed by atoms with E-state index >= 15 is 0 Å². The molecule has 8 nitrogen and oxygen atoms in total. The molecule has 2 N–H and O–H groups in total. The molecule has 0 fully saturated rings. The predicted octanol–water partition coefficient (Wildman–Crippen LogP) is 4.46. The van der Waals surface area contributed by atoms with Crippen LogP contribution < -0.4 is 14.3 Å². The lowest BCUT2D eigenvalue weighted by molar-refractivity contribution is -0.114. The van der Waals surface area contributed by atoms with Crippen molar-refractivity contribution in [1.82, 2.24) is 0 Å². The summed E-state index contributed by atoms with van der Waals surface area (Å²) in [5, 5.41) is 2.60. The van der Waals surface area contributed by atoms with Crippen LogP contribution >= 0.6 is 0 Å². The minimum absolute atomic E-state index is 0.0369. The first-order valence-electron chi connectivity index (χ1n) is 11.0. The molecule has 0 spiro atoms. The van der Waals surface area contributed by atoms with Gasteiger partial charge in [-0.15, -0.1) is 0 Å². The number of para-hydroxylation sites is 1. The molecule has 0 aliphatic carbocycles. The Hall–Kier alpha value is -4.22. The van der Waals surface area contributed by atoms with E-state index in [2.05, 4.69) is 10.0 Å². The van der Waals surface area contributed by atoms with Crippen LogP contribution in [-0.2, 0) is 24.8 Å². The number of rotatable bonds is 9. The third-order valence-electron chi connectivity index (χ3n) is 5.21. The van der Waals surface area contributed by atoms with Crippen molar-refractivity contribution in [2.75, 3.05) is 20.9 Å². The fourth-order valence-electron chi connectivity index (χ4n) is 3.41. The van der Waals surface area contributed by atoms with Crippen LogP contribution in [0.15, 0.2) is 119 Å². The summed E-state index contributed by atoms with van der Waals surface area (Å²) in [7, 11) is -7.99. The molecule has 0 heterocycles. The highest BCUT2D eigenvalue weighted by atomic mass is 32.2. The van der Waals surface area contributed by atoms with Crippen LogP contribution in [0.2, 0.25) is 0 Å². The fourth-order valence-corrected chi connectivity index (χ4v) is 5.91. The second kappa shape index (κ2) is 10.8. The Bertz CT molecular complexity index is 1580. The molecule has 0 bridgehead atoms. The molecule has 0 atom stereocenters. The Kier molecular flexibility index (Phi) is 7.55. The Morgan fingerprint density at radius 2 is 1.22 bits per heavy atom. The summed E-state index contributed by atoms with van der Waals surface area (Å²) in [6.07, 6.45) is 0. The van der Waals surface area contributed by atoms with E-state index in [-0.39, 0.29) is 21.2 Å². The molecule has 0 radical (unpaired) electrons. The quantitative estimate of drug-likeness (QED) is 0.326. The van der Waals surface area contributed by atoms with E-state index < -0.39 is 38.3 Å². The van der Waals surface area contributed by atoms with Gasteiger partial charge in [-0.3, -0.25) is 13.8 Å². The number of nitrogens with one attached hydrogen (secondary N) is 2. The Labute approximate surface area is 214 Å². The maximum absolute atomic E-state index is 13.3. The number of halogens is 1. The first kappa shape index (κ1) is 25.9. The van der Waals surface area contributed by atoms with E-state index in [4.69, 9.17) is 0 Å². The summed E-state index contributed by atoms with van der Waals surface area (Å²) >= 11 is 0. The number of nitrogens with zero attached hydrogens (tertiary/aromatic N) is 1. The molecule has 0 saturated heterocycles. The highest BCUT2D eigenvalue weighted by Gasteiger charge is 2.27. The van der Waals surface area contributed by atoms with Crippen LogP contribution in [0.1, 0.15) is 0 Å². The van der Waals surface area contributed by atoms with Crippen LogP contribution in [0, 0.1) is 5.82 Å². The summed E-state index contributed by atoms with van der Waals surface area (Å²) in [6, 6.07) is 26.2. The molecule has 4 aromatic carbocycles. The average molecular weight is 540 g/mol. The van der Waals surface area contributed by atoms with Gasteiger partial charge in [-0.1, -0.05) is 36.4 Å². The van der Waals surface area contributed by atoms with Gasteiger partial charge in [-0.05, 0) is 72.8 Å². The Morgan fingerprint density at radius 1 is 0.676 bits per heavy atom. The van der Waals surface area contributed by atoms with Crippen molar-refractivity contribution in [3.05, 3.63) is 115 Å². The van der Waals surface area contributed by atoms with Crippen LogP contribution in [0.4, 0.5) is 21.5 Å². The minimum Gasteiger partial charge on any atom is -0.325 e. The number of anilines is 3. The zero-order valence-electron chi connectivity index (χ0n) is 19.3. The number of hydrogen-bond donors (Lipinski definition) is 2. The minimum atomic E-state index is -4.04. The largest absolute Gasteiger partial charge is 0.325 e. The maximum atomic E-state index is 13.3. The molecule has 4 rings (SSSR count). The van der Waals surface area contributed by atoms with Gasteiger partial charge < -0.3 is 5.32 Å². The lowest BCUT2D eigenvalue weighted by atomic mass is 10.3. The van der Waals surface area contributed by atoms with E-state index in [1.807, 2.05) is 0 Å². The van der Waals surface area contributed by atoms with Crippen LogP contribution in [0.5, 0.6) is 0 Å². The van der Waals surface area contributed by atoms with Gasteiger partial charge in [0.05, 0.1) is 15.5 Å². The molecule has 4 aromatic rings. The first-order valence-corrected chi connectivity index (χ1v) is 13.9. The van der Waals surface area contributed by atoms with E-state index in [1.54, 1.807) is 48.5 Å². The zero-order chi connectivity index (χ0) is 26.5. The van der Waals surface area contributed by atoms with Crippen molar-refractivity contribution in [3.8, 4) is 0 Å². The topological polar surface area (TPSA) is 113 Å². The molecule has 0 saturated carbocycles. The van der Waals surface area contributed by atoms with E-state index in [1.165, 1.54) is 48.5 Å². The van der Waals surface area contributed by atoms with Crippen molar-refractivity contribution in [3.63, 3.8) is 0 Å². The van der Waals surface area contributed by atoms with Crippen molar-refractivity contribution in [1.29, 1.82) is 0 Å². The van der Waals surface area contributed by atoms with E-state index in [9.17, 15) is 26.0 Å². The van der Waals surface area contributed by atoms with E-state index in [0.717, 1.165) is 16.4 Å². The predicted molar refractivity (Wildman–Crippen MR) is 140 cm³/mol. The molecule has 0 aliphatic rings. The van der Waals surface area contributed by atoms with Gasteiger partial charge in [-0.25, -0.2) is 21.2 Å². The number of carbonyl (C=O) groups excluding carboxylic acids is 1. The van der Waals surface area contributed by atoms with Crippen molar-refractivity contribution >= 4 is 43.0 Å². The van der Waals surface area contributed by atoms with Gasteiger partial charge in [0.25, 0.3) is 20.0 Å². The summed E-state index contributed by atoms with van der Waals surface area (Å²) in [5.74, 6) is -1.12. The van der Waals surface area contributed by atoms with Gasteiger partial charge in [0, 0.05) is 11.4 Å². The highest BCUT2D eigenvalue weighted by molar-refractivity contribution is 7.93. The third kappa shape index (κ3) is 6.32. The fraction of sp³-hybridized carbons (Fsp3) is 0.0385. The van der Waals surface area contributed by atoms with Crippen molar-refractivity contribution in [2.45, 2.75) is 9.79 Å². The van der Waals surface area contributed by atoms with Crippen molar-refractivity contribution < 1.29 is 26.0 Å². The number of sulfonamides is 2. The van der Waals surface area contributed by atoms with Gasteiger partial charge >= 0.3 is 0 Å². The molecule has 37 heavy (non-hydrogen) atoms. The monoisotopic (exact) mass is 539 g/mol. The van der Waals surface area contributed by atoms with Crippen molar-refractivity contribution in [2.24, 2.45) is 0 Å². The van der Waals surface area contributed by atoms with Crippen LogP contribution in [0.3, 0.4) is 0 Å². The lowest BCUT2D eigenvalue weighted by Gasteiger charge is -2.24. The lowest BCUT2D eigenvalue weighted by Crippen LogP contribution is -2.38. The SMILES string of the molecule is O=C(CN(c1ccccc1)S(=O)(=O)c1ccccc1)Nc1ccc(S(=O)(=O)Nc2ccc(F)cc2)cc1. The molecule has 1 amide bonds. The summed E-state index contributed by atoms with van der Waals surface area (Å²) in [4.78, 5) is 12.8. The molecular weight excluding hydrogens is 517 g/mol. The number of hydrogen-bond acceptors (Lipinski definition) is 5. The third-order valence-corrected chi connectivity index (χ3v) is 8.39. The molecule has 0 aliphatic heterocycles. The molecule has 190 valence electrons. The molecular formula is C26H22FN3O5S2. The number of amides is 1. The molecule has 0 aromatic heterocycles. The highest BCUT2D eigenvalue weighted by Crippen LogP contribution is 2.24. The normalized spacial score (nSPS) is 11.5. The average Bonchev–Trinajstić information content (AvgIpc) is 2.90. The molecule has 11 heteroatoms. The van der Waals surface area contributed by atoms with Crippen LogP contribution in [-0.4, -0.2) is 29.3 Å². The van der Waals surface area contributed by atoms with Gasteiger partial charge in [0.1, 0.15) is 12.4 Å². The maximum Gasteiger partial charge on any atom is 0.264 e. The first-order chi connectivity index (χ1) is 17.6. The summed E-state index contributed by atoms with van der Waals surface area (Å²) < 4.78 is 68.2.